The summed E-state index contributed by atoms with van der Waals surface area (Å²) in [5.41, 5.74) is 0.274. The largest absolute Gasteiger partial charge is 0.454 e. The fraction of sp³-hybridized carbons (Fsp3) is 0.125. The summed E-state index contributed by atoms with van der Waals surface area (Å²) < 4.78 is 36.7. The molecule has 112 valence electrons. The van der Waals surface area contributed by atoms with Crippen LogP contribution >= 0.6 is 0 Å². The second-order valence-electron chi connectivity index (χ2n) is 4.36. The van der Waals surface area contributed by atoms with E-state index >= 15 is 0 Å². The molecule has 0 unspecified atom stereocenters. The third-order valence-corrected chi connectivity index (χ3v) is 2.70. The van der Waals surface area contributed by atoms with Crippen LogP contribution < -0.4 is 4.74 Å². The lowest BCUT2D eigenvalue weighted by Gasteiger charge is -2.12. The predicted octanol–water partition coefficient (Wildman–Crippen LogP) is 3.88. The van der Waals surface area contributed by atoms with Gasteiger partial charge < -0.3 is 9.47 Å². The Morgan fingerprint density at radius 1 is 1.18 bits per heavy atom. The van der Waals surface area contributed by atoms with Crippen molar-refractivity contribution in [3.63, 3.8) is 0 Å². The molecule has 1 atom stereocenters. The van der Waals surface area contributed by atoms with Crippen molar-refractivity contribution in [1.29, 1.82) is 5.26 Å². The molecule has 0 aromatic heterocycles. The van der Waals surface area contributed by atoms with Crippen LogP contribution in [0.1, 0.15) is 18.6 Å². The molecule has 0 N–H and O–H groups in total. The van der Waals surface area contributed by atoms with E-state index in [2.05, 4.69) is 0 Å². The molecule has 2 rings (SSSR count). The van der Waals surface area contributed by atoms with E-state index in [9.17, 15) is 13.6 Å². The van der Waals surface area contributed by atoms with Crippen LogP contribution in [0.3, 0.4) is 0 Å². The Morgan fingerprint density at radius 2 is 1.86 bits per heavy atom. The van der Waals surface area contributed by atoms with E-state index in [-0.39, 0.29) is 17.1 Å². The molecule has 0 aliphatic rings. The van der Waals surface area contributed by atoms with E-state index in [1.807, 2.05) is 0 Å². The number of halogens is 2. The topological polar surface area (TPSA) is 59.3 Å². The van der Waals surface area contributed by atoms with Gasteiger partial charge in [-0.2, -0.15) is 5.26 Å². The quantitative estimate of drug-likeness (QED) is 0.804. The lowest BCUT2D eigenvalue weighted by Crippen LogP contribution is -2.06. The van der Waals surface area contributed by atoms with Gasteiger partial charge in [0.2, 0.25) is 6.10 Å². The van der Waals surface area contributed by atoms with Crippen molar-refractivity contribution in [2.24, 2.45) is 0 Å². The van der Waals surface area contributed by atoms with Gasteiger partial charge in [-0.05, 0) is 36.4 Å². The van der Waals surface area contributed by atoms with Crippen LogP contribution in [0.4, 0.5) is 8.78 Å². The van der Waals surface area contributed by atoms with Gasteiger partial charge in [0.1, 0.15) is 17.6 Å². The molecule has 2 aromatic rings. The Kier molecular flexibility index (Phi) is 4.69. The standard InChI is InChI=1S/C16H11F2NO3/c1-10(20)21-16(9-19)11-2-7-14(18)15(8-11)22-13-5-3-12(17)4-6-13/h2-8,16H,1H3/t16-/m1/s1. The van der Waals surface area contributed by atoms with Crippen LogP contribution in [0.15, 0.2) is 42.5 Å². The number of carbonyl (C=O) groups excluding carboxylic acids is 1. The first kappa shape index (κ1) is 15.4. The van der Waals surface area contributed by atoms with Gasteiger partial charge in [-0.3, -0.25) is 4.79 Å². The third kappa shape index (κ3) is 3.79. The number of esters is 1. The number of carbonyl (C=O) groups is 1. The molecule has 0 spiro atoms. The van der Waals surface area contributed by atoms with Crippen molar-refractivity contribution in [3.05, 3.63) is 59.7 Å². The molecule has 0 aliphatic carbocycles. The van der Waals surface area contributed by atoms with Gasteiger partial charge in [0, 0.05) is 12.5 Å². The number of hydrogen-bond acceptors (Lipinski definition) is 4. The van der Waals surface area contributed by atoms with Gasteiger partial charge in [0.15, 0.2) is 11.6 Å². The number of nitriles is 1. The monoisotopic (exact) mass is 303 g/mol. The highest BCUT2D eigenvalue weighted by Crippen LogP contribution is 2.28. The molecule has 0 amide bonds. The van der Waals surface area contributed by atoms with Crippen molar-refractivity contribution in [1.82, 2.24) is 0 Å². The van der Waals surface area contributed by atoms with Gasteiger partial charge in [-0.25, -0.2) is 8.78 Å². The molecule has 6 heteroatoms. The van der Waals surface area contributed by atoms with Crippen LogP contribution in [0.25, 0.3) is 0 Å². The molecule has 0 fully saturated rings. The second kappa shape index (κ2) is 6.68. The van der Waals surface area contributed by atoms with Crippen LogP contribution in [0.2, 0.25) is 0 Å². The Morgan fingerprint density at radius 3 is 2.45 bits per heavy atom. The van der Waals surface area contributed by atoms with E-state index in [1.165, 1.54) is 43.3 Å². The van der Waals surface area contributed by atoms with Crippen molar-refractivity contribution < 1.29 is 23.0 Å². The summed E-state index contributed by atoms with van der Waals surface area (Å²) in [6.07, 6.45) is -1.16. The third-order valence-electron chi connectivity index (χ3n) is 2.70. The van der Waals surface area contributed by atoms with Crippen molar-refractivity contribution in [2.45, 2.75) is 13.0 Å². The highest BCUT2D eigenvalue weighted by Gasteiger charge is 2.16. The first-order chi connectivity index (χ1) is 10.5. The fourth-order valence-corrected chi connectivity index (χ4v) is 1.73. The first-order valence-corrected chi connectivity index (χ1v) is 6.29. The SMILES string of the molecule is CC(=O)O[C@H](C#N)c1ccc(F)c(Oc2ccc(F)cc2)c1. The maximum Gasteiger partial charge on any atom is 0.304 e. The number of benzene rings is 2. The van der Waals surface area contributed by atoms with E-state index < -0.39 is 23.7 Å². The zero-order valence-electron chi connectivity index (χ0n) is 11.5. The van der Waals surface area contributed by atoms with Gasteiger partial charge in [-0.1, -0.05) is 6.07 Å². The van der Waals surface area contributed by atoms with Crippen LogP contribution in [-0.2, 0) is 9.53 Å². The summed E-state index contributed by atoms with van der Waals surface area (Å²) in [5.74, 6) is -1.65. The zero-order chi connectivity index (χ0) is 16.1. The highest BCUT2D eigenvalue weighted by molar-refractivity contribution is 5.66. The Bertz CT molecular complexity index is 723. The average Bonchev–Trinajstić information content (AvgIpc) is 2.49. The van der Waals surface area contributed by atoms with E-state index in [0.717, 1.165) is 6.07 Å². The van der Waals surface area contributed by atoms with Crippen LogP contribution in [0, 0.1) is 23.0 Å². The summed E-state index contributed by atoms with van der Waals surface area (Å²) in [6.45, 7) is 1.17. The molecular formula is C16H11F2NO3. The van der Waals surface area contributed by atoms with Gasteiger partial charge >= 0.3 is 5.97 Å². The lowest BCUT2D eigenvalue weighted by molar-refractivity contribution is -0.144. The van der Waals surface area contributed by atoms with E-state index in [4.69, 9.17) is 14.7 Å². The summed E-state index contributed by atoms with van der Waals surface area (Å²) >= 11 is 0. The number of rotatable bonds is 4. The van der Waals surface area contributed by atoms with Crippen molar-refractivity contribution in [3.8, 4) is 17.6 Å². The smallest absolute Gasteiger partial charge is 0.304 e. The van der Waals surface area contributed by atoms with Crippen molar-refractivity contribution in [2.75, 3.05) is 0 Å². The zero-order valence-corrected chi connectivity index (χ0v) is 11.5. The van der Waals surface area contributed by atoms with Crippen LogP contribution in [0.5, 0.6) is 11.5 Å². The van der Waals surface area contributed by atoms with Crippen LogP contribution in [-0.4, -0.2) is 5.97 Å². The second-order valence-corrected chi connectivity index (χ2v) is 4.36. The molecule has 2 aromatic carbocycles. The molecule has 0 aliphatic heterocycles. The normalized spacial score (nSPS) is 11.4. The van der Waals surface area contributed by atoms with E-state index in [1.54, 1.807) is 6.07 Å². The maximum atomic E-state index is 13.8. The number of nitrogens with zero attached hydrogens (tertiary/aromatic N) is 1. The first-order valence-electron chi connectivity index (χ1n) is 6.29. The molecule has 0 radical (unpaired) electrons. The molecule has 0 bridgehead atoms. The minimum Gasteiger partial charge on any atom is -0.454 e. The Balaban J connectivity index is 2.28. The van der Waals surface area contributed by atoms with Crippen molar-refractivity contribution >= 4 is 5.97 Å². The Labute approximate surface area is 125 Å². The minimum atomic E-state index is -1.16. The summed E-state index contributed by atoms with van der Waals surface area (Å²) in [4.78, 5) is 10.9. The number of ether oxygens (including phenoxy) is 2. The molecular weight excluding hydrogens is 292 g/mol. The Hall–Kier alpha value is -2.94. The maximum absolute atomic E-state index is 13.8. The summed E-state index contributed by atoms with van der Waals surface area (Å²) in [5, 5.41) is 9.01. The summed E-state index contributed by atoms with van der Waals surface area (Å²) in [7, 11) is 0. The summed E-state index contributed by atoms with van der Waals surface area (Å²) in [6, 6.07) is 10.5. The molecule has 22 heavy (non-hydrogen) atoms. The number of hydrogen-bond donors (Lipinski definition) is 0. The molecule has 0 saturated carbocycles. The lowest BCUT2D eigenvalue weighted by atomic mass is 10.1. The molecule has 0 saturated heterocycles. The minimum absolute atomic E-state index is 0.156. The highest BCUT2D eigenvalue weighted by atomic mass is 19.1. The fourth-order valence-electron chi connectivity index (χ4n) is 1.73. The van der Waals surface area contributed by atoms with E-state index in [0.29, 0.717) is 0 Å². The van der Waals surface area contributed by atoms with Gasteiger partial charge in [0.05, 0.1) is 0 Å². The van der Waals surface area contributed by atoms with Gasteiger partial charge in [-0.15, -0.1) is 0 Å². The predicted molar refractivity (Wildman–Crippen MR) is 73.0 cm³/mol. The van der Waals surface area contributed by atoms with Gasteiger partial charge in [0.25, 0.3) is 0 Å². The molecule has 4 nitrogen and oxygen atoms in total. The molecule has 0 heterocycles. The average molecular weight is 303 g/mol.